The molecular formula is C13H13F3N2O2. The molecule has 1 aromatic carbocycles. The molecule has 0 saturated heterocycles. The van der Waals surface area contributed by atoms with E-state index in [4.69, 9.17) is 5.73 Å². The molecule has 108 valence electrons. The second-order valence-corrected chi connectivity index (χ2v) is 3.84. The zero-order valence-electron chi connectivity index (χ0n) is 10.7. The van der Waals surface area contributed by atoms with Gasteiger partial charge in [-0.3, -0.25) is 4.79 Å². The van der Waals surface area contributed by atoms with Crippen LogP contribution in [0.25, 0.3) is 0 Å². The Balaban J connectivity index is 2.79. The van der Waals surface area contributed by atoms with Crippen molar-refractivity contribution < 1.29 is 22.7 Å². The van der Waals surface area contributed by atoms with Crippen molar-refractivity contribution in [1.82, 2.24) is 5.32 Å². The molecule has 0 saturated carbocycles. The predicted molar refractivity (Wildman–Crippen MR) is 67.7 cm³/mol. The van der Waals surface area contributed by atoms with Gasteiger partial charge in [0, 0.05) is 25.6 Å². The molecule has 0 spiro atoms. The lowest BCUT2D eigenvalue weighted by Gasteiger charge is -2.10. The summed E-state index contributed by atoms with van der Waals surface area (Å²) in [7, 11) is 0. The molecule has 7 heteroatoms. The number of benzene rings is 1. The minimum absolute atomic E-state index is 0.0464. The van der Waals surface area contributed by atoms with Crippen LogP contribution < -0.4 is 15.8 Å². The second kappa shape index (κ2) is 6.70. The Hall–Kier alpha value is -2.36. The number of anilines is 1. The monoisotopic (exact) mass is 286 g/mol. The lowest BCUT2D eigenvalue weighted by molar-refractivity contribution is -0.274. The van der Waals surface area contributed by atoms with Crippen LogP contribution in [0.2, 0.25) is 0 Å². The number of rotatable bonds is 3. The molecule has 0 aliphatic carbocycles. The standard InChI is InChI=1S/C13H13F3N2O2/c1-9(19)18-7-3-2-4-10-8-11(17)5-6-12(10)20-13(14,15)16/h5-6,8H,3,7,17H2,1H3,(H,18,19). The third kappa shape index (κ3) is 6.00. The van der Waals surface area contributed by atoms with E-state index in [0.29, 0.717) is 13.0 Å². The molecule has 20 heavy (non-hydrogen) atoms. The molecule has 0 radical (unpaired) electrons. The van der Waals surface area contributed by atoms with Crippen LogP contribution in [-0.4, -0.2) is 18.8 Å². The van der Waals surface area contributed by atoms with E-state index in [-0.39, 0.29) is 17.2 Å². The Kier molecular flexibility index (Phi) is 5.26. The molecule has 4 nitrogen and oxygen atoms in total. The van der Waals surface area contributed by atoms with Crippen molar-refractivity contribution in [2.45, 2.75) is 19.7 Å². The number of carbonyl (C=O) groups excluding carboxylic acids is 1. The predicted octanol–water partition coefficient (Wildman–Crippen LogP) is 2.05. The fourth-order valence-electron chi connectivity index (χ4n) is 1.32. The fraction of sp³-hybridized carbons (Fsp3) is 0.308. The number of alkyl halides is 3. The normalized spacial score (nSPS) is 10.4. The zero-order valence-corrected chi connectivity index (χ0v) is 10.7. The van der Waals surface area contributed by atoms with Crippen LogP contribution in [0.3, 0.4) is 0 Å². The smallest absolute Gasteiger partial charge is 0.404 e. The van der Waals surface area contributed by atoms with E-state index < -0.39 is 12.1 Å². The number of amides is 1. The van der Waals surface area contributed by atoms with Crippen molar-refractivity contribution >= 4 is 11.6 Å². The fourth-order valence-corrected chi connectivity index (χ4v) is 1.32. The van der Waals surface area contributed by atoms with Crippen molar-refractivity contribution in [3.05, 3.63) is 23.8 Å². The van der Waals surface area contributed by atoms with Gasteiger partial charge < -0.3 is 15.8 Å². The summed E-state index contributed by atoms with van der Waals surface area (Å²) in [5.74, 6) is 4.59. The summed E-state index contributed by atoms with van der Waals surface area (Å²) >= 11 is 0. The SMILES string of the molecule is CC(=O)NCCC#Cc1cc(N)ccc1OC(F)(F)F. The van der Waals surface area contributed by atoms with Crippen molar-refractivity contribution in [1.29, 1.82) is 0 Å². The molecule has 1 aromatic rings. The maximum absolute atomic E-state index is 12.2. The van der Waals surface area contributed by atoms with Crippen LogP contribution >= 0.6 is 0 Å². The summed E-state index contributed by atoms with van der Waals surface area (Å²) in [5.41, 5.74) is 5.83. The van der Waals surface area contributed by atoms with Crippen LogP contribution in [0.4, 0.5) is 18.9 Å². The molecule has 0 aliphatic rings. The molecule has 0 heterocycles. The summed E-state index contributed by atoms with van der Waals surface area (Å²) in [4.78, 5) is 10.6. The average Bonchev–Trinajstić information content (AvgIpc) is 2.30. The van der Waals surface area contributed by atoms with E-state index in [9.17, 15) is 18.0 Å². The number of nitrogens with one attached hydrogen (secondary N) is 1. The highest BCUT2D eigenvalue weighted by atomic mass is 19.4. The maximum atomic E-state index is 12.2. The summed E-state index contributed by atoms with van der Waals surface area (Å²) in [6, 6.07) is 3.71. The Morgan fingerprint density at radius 1 is 1.45 bits per heavy atom. The first-order chi connectivity index (χ1) is 9.28. The van der Waals surface area contributed by atoms with Crippen LogP contribution in [0.15, 0.2) is 18.2 Å². The highest BCUT2D eigenvalue weighted by Gasteiger charge is 2.31. The molecule has 0 aliphatic heterocycles. The van der Waals surface area contributed by atoms with Gasteiger partial charge in [0.15, 0.2) is 0 Å². The Bertz CT molecular complexity index is 545. The minimum Gasteiger partial charge on any atom is -0.404 e. The Morgan fingerprint density at radius 3 is 2.75 bits per heavy atom. The van der Waals surface area contributed by atoms with Crippen molar-refractivity contribution in [2.24, 2.45) is 0 Å². The van der Waals surface area contributed by atoms with Crippen molar-refractivity contribution in [3.63, 3.8) is 0 Å². The second-order valence-electron chi connectivity index (χ2n) is 3.84. The molecule has 0 unspecified atom stereocenters. The van der Waals surface area contributed by atoms with Gasteiger partial charge in [0.25, 0.3) is 0 Å². The van der Waals surface area contributed by atoms with Crippen molar-refractivity contribution in [2.75, 3.05) is 12.3 Å². The number of ether oxygens (including phenoxy) is 1. The maximum Gasteiger partial charge on any atom is 0.573 e. The number of hydrogen-bond donors (Lipinski definition) is 2. The molecule has 0 fully saturated rings. The van der Waals surface area contributed by atoms with E-state index in [0.717, 1.165) is 6.07 Å². The van der Waals surface area contributed by atoms with E-state index in [2.05, 4.69) is 21.9 Å². The van der Waals surface area contributed by atoms with Crippen molar-refractivity contribution in [3.8, 4) is 17.6 Å². The van der Waals surface area contributed by atoms with Gasteiger partial charge in [-0.25, -0.2) is 0 Å². The number of hydrogen-bond acceptors (Lipinski definition) is 3. The Labute approximate surface area is 114 Å². The summed E-state index contributed by atoms with van der Waals surface area (Å²) in [5, 5.41) is 2.52. The van der Waals surface area contributed by atoms with Gasteiger partial charge in [0.2, 0.25) is 5.91 Å². The minimum atomic E-state index is -4.79. The van der Waals surface area contributed by atoms with Gasteiger partial charge >= 0.3 is 6.36 Å². The van der Waals surface area contributed by atoms with Gasteiger partial charge in [-0.1, -0.05) is 11.8 Å². The number of carbonyl (C=O) groups is 1. The first-order valence-electron chi connectivity index (χ1n) is 5.66. The quantitative estimate of drug-likeness (QED) is 0.508. The lowest BCUT2D eigenvalue weighted by Crippen LogP contribution is -2.20. The van der Waals surface area contributed by atoms with Gasteiger partial charge in [0.1, 0.15) is 5.75 Å². The largest absolute Gasteiger partial charge is 0.573 e. The third-order valence-corrected chi connectivity index (χ3v) is 2.08. The molecule has 1 amide bonds. The Morgan fingerprint density at radius 2 is 2.15 bits per heavy atom. The number of halogens is 3. The average molecular weight is 286 g/mol. The van der Waals surface area contributed by atoms with E-state index >= 15 is 0 Å². The van der Waals surface area contributed by atoms with Gasteiger partial charge in [0.05, 0.1) is 5.56 Å². The van der Waals surface area contributed by atoms with Crippen LogP contribution in [0, 0.1) is 11.8 Å². The van der Waals surface area contributed by atoms with E-state index in [1.54, 1.807) is 0 Å². The molecular weight excluding hydrogens is 273 g/mol. The van der Waals surface area contributed by atoms with Crippen LogP contribution in [-0.2, 0) is 4.79 Å². The summed E-state index contributed by atoms with van der Waals surface area (Å²) in [6.07, 6.45) is -4.48. The van der Waals surface area contributed by atoms with Gasteiger partial charge in [-0.2, -0.15) is 0 Å². The first kappa shape index (κ1) is 15.7. The summed E-state index contributed by atoms with van der Waals surface area (Å²) in [6.45, 7) is 1.68. The van der Waals surface area contributed by atoms with E-state index in [1.165, 1.54) is 19.1 Å². The van der Waals surface area contributed by atoms with Gasteiger partial charge in [-0.15, -0.1) is 13.2 Å². The molecule has 0 aromatic heterocycles. The first-order valence-corrected chi connectivity index (χ1v) is 5.66. The molecule has 1 rings (SSSR count). The molecule has 3 N–H and O–H groups in total. The molecule has 0 bridgehead atoms. The number of nitrogen functional groups attached to an aromatic ring is 1. The summed E-state index contributed by atoms with van der Waals surface area (Å²) < 4.78 is 40.5. The van der Waals surface area contributed by atoms with Crippen LogP contribution in [0.1, 0.15) is 18.9 Å². The van der Waals surface area contributed by atoms with E-state index in [1.807, 2.05) is 0 Å². The zero-order chi connectivity index (χ0) is 15.2. The molecule has 0 atom stereocenters. The van der Waals surface area contributed by atoms with Gasteiger partial charge in [-0.05, 0) is 18.2 Å². The highest BCUT2D eigenvalue weighted by Crippen LogP contribution is 2.27. The number of nitrogens with two attached hydrogens (primary N) is 1. The lowest BCUT2D eigenvalue weighted by atomic mass is 10.2. The van der Waals surface area contributed by atoms with Crippen LogP contribution in [0.5, 0.6) is 5.75 Å². The highest BCUT2D eigenvalue weighted by molar-refractivity contribution is 5.72. The topological polar surface area (TPSA) is 64.4 Å². The third-order valence-electron chi connectivity index (χ3n) is 2.08.